The number of hydrogen-bond donors (Lipinski definition) is 0. The van der Waals surface area contributed by atoms with Crippen LogP contribution < -0.4 is 14.4 Å². The van der Waals surface area contributed by atoms with E-state index in [4.69, 9.17) is 9.47 Å². The molecule has 0 aliphatic carbocycles. The van der Waals surface area contributed by atoms with Crippen LogP contribution in [0.15, 0.2) is 36.4 Å². The van der Waals surface area contributed by atoms with Crippen LogP contribution in [0, 0.1) is 12.8 Å². The minimum Gasteiger partial charge on any atom is -0.493 e. The van der Waals surface area contributed by atoms with E-state index in [-0.39, 0.29) is 5.91 Å². The first kappa shape index (κ1) is 18.1. The first-order valence-electron chi connectivity index (χ1n) is 8.81. The number of carbonyl (C=O) groups excluding carboxylic acids is 1. The number of amides is 1. The Bertz CT molecular complexity index is 868. The quantitative estimate of drug-likeness (QED) is 0.742. The number of para-hydroxylation sites is 1. The highest BCUT2D eigenvalue weighted by molar-refractivity contribution is 6.35. The highest BCUT2D eigenvalue weighted by Gasteiger charge is 2.32. The largest absolute Gasteiger partial charge is 0.493 e. The van der Waals surface area contributed by atoms with Gasteiger partial charge in [-0.25, -0.2) is 0 Å². The lowest BCUT2D eigenvalue weighted by Gasteiger charge is -2.19. The van der Waals surface area contributed by atoms with E-state index in [0.717, 1.165) is 28.0 Å². The number of carbonyl (C=O) groups is 1. The van der Waals surface area contributed by atoms with E-state index in [1.807, 2.05) is 54.3 Å². The summed E-state index contributed by atoms with van der Waals surface area (Å²) in [4.78, 5) is 15.0. The first-order valence-corrected chi connectivity index (χ1v) is 8.81. The van der Waals surface area contributed by atoms with Crippen molar-refractivity contribution in [2.24, 2.45) is 5.92 Å². The summed E-state index contributed by atoms with van der Waals surface area (Å²) >= 11 is 0. The molecule has 0 saturated heterocycles. The van der Waals surface area contributed by atoms with Crippen molar-refractivity contribution < 1.29 is 14.3 Å². The van der Waals surface area contributed by atoms with Gasteiger partial charge in [-0.15, -0.1) is 0 Å². The number of ether oxygens (including phenoxy) is 2. The van der Waals surface area contributed by atoms with Crippen molar-refractivity contribution in [1.29, 1.82) is 0 Å². The fourth-order valence-corrected chi connectivity index (χ4v) is 3.30. The van der Waals surface area contributed by atoms with Crippen molar-refractivity contribution in [1.82, 2.24) is 0 Å². The Morgan fingerprint density at radius 3 is 2.38 bits per heavy atom. The standard InChI is InChI=1S/C22H25NO3/c1-14(2)13-23-19-9-7-6-8-17(19)18(22(23)24)11-16-12-21(26-5)20(25-4)10-15(16)3/h6-12,14H,13H2,1-5H3/b18-11-. The molecule has 3 rings (SSSR count). The average molecular weight is 351 g/mol. The Kier molecular flexibility index (Phi) is 5.03. The fourth-order valence-electron chi connectivity index (χ4n) is 3.30. The zero-order valence-electron chi connectivity index (χ0n) is 16.0. The van der Waals surface area contributed by atoms with Gasteiger partial charge in [0.15, 0.2) is 11.5 Å². The number of aryl methyl sites for hydroxylation is 1. The zero-order valence-corrected chi connectivity index (χ0v) is 16.0. The third kappa shape index (κ3) is 3.19. The monoisotopic (exact) mass is 351 g/mol. The van der Waals surface area contributed by atoms with Crippen LogP contribution in [0.1, 0.15) is 30.5 Å². The van der Waals surface area contributed by atoms with Gasteiger partial charge < -0.3 is 14.4 Å². The van der Waals surface area contributed by atoms with Crippen LogP contribution in [0.5, 0.6) is 11.5 Å². The molecule has 4 nitrogen and oxygen atoms in total. The molecule has 0 spiro atoms. The lowest BCUT2D eigenvalue weighted by atomic mass is 10.0. The van der Waals surface area contributed by atoms with E-state index >= 15 is 0 Å². The fraction of sp³-hybridized carbons (Fsp3) is 0.318. The van der Waals surface area contributed by atoms with Crippen molar-refractivity contribution in [2.75, 3.05) is 25.7 Å². The molecule has 0 atom stereocenters. The first-order chi connectivity index (χ1) is 12.5. The molecule has 0 saturated carbocycles. The molecular weight excluding hydrogens is 326 g/mol. The van der Waals surface area contributed by atoms with Crippen LogP contribution in [0.25, 0.3) is 11.6 Å². The lowest BCUT2D eigenvalue weighted by Crippen LogP contribution is -2.30. The molecule has 1 aliphatic rings. The molecule has 0 N–H and O–H groups in total. The summed E-state index contributed by atoms with van der Waals surface area (Å²) in [5, 5.41) is 0. The van der Waals surface area contributed by atoms with Gasteiger partial charge in [-0.2, -0.15) is 0 Å². The number of benzene rings is 2. The summed E-state index contributed by atoms with van der Waals surface area (Å²) in [5.74, 6) is 1.79. The molecule has 0 unspecified atom stereocenters. The van der Waals surface area contributed by atoms with Crippen LogP contribution in [-0.2, 0) is 4.79 Å². The topological polar surface area (TPSA) is 38.8 Å². The third-order valence-electron chi connectivity index (χ3n) is 4.58. The Morgan fingerprint density at radius 2 is 1.73 bits per heavy atom. The van der Waals surface area contributed by atoms with Gasteiger partial charge in [0.1, 0.15) is 0 Å². The Balaban J connectivity index is 2.10. The van der Waals surface area contributed by atoms with E-state index in [1.54, 1.807) is 14.2 Å². The molecule has 4 heteroatoms. The van der Waals surface area contributed by atoms with Crippen molar-refractivity contribution in [3.05, 3.63) is 53.1 Å². The minimum absolute atomic E-state index is 0.0501. The molecule has 0 fully saturated rings. The number of hydrogen-bond acceptors (Lipinski definition) is 3. The van der Waals surface area contributed by atoms with E-state index in [2.05, 4.69) is 13.8 Å². The number of rotatable bonds is 5. The molecular formula is C22H25NO3. The normalized spacial score (nSPS) is 14.9. The van der Waals surface area contributed by atoms with Crippen molar-refractivity contribution in [2.45, 2.75) is 20.8 Å². The summed E-state index contributed by atoms with van der Waals surface area (Å²) in [6, 6.07) is 11.8. The van der Waals surface area contributed by atoms with E-state index in [0.29, 0.717) is 24.0 Å². The maximum absolute atomic E-state index is 13.1. The molecule has 26 heavy (non-hydrogen) atoms. The summed E-state index contributed by atoms with van der Waals surface area (Å²) in [5.41, 5.74) is 4.66. The second kappa shape index (κ2) is 7.24. The van der Waals surface area contributed by atoms with Crippen LogP contribution in [0.3, 0.4) is 0 Å². The Morgan fingerprint density at radius 1 is 1.08 bits per heavy atom. The van der Waals surface area contributed by atoms with Crippen molar-refractivity contribution >= 4 is 23.2 Å². The smallest absolute Gasteiger partial charge is 0.259 e. The SMILES string of the molecule is COc1cc(C)c(/C=C2\C(=O)N(CC(C)C)c3ccccc32)cc1OC. The van der Waals surface area contributed by atoms with Gasteiger partial charge in [-0.1, -0.05) is 32.0 Å². The summed E-state index contributed by atoms with van der Waals surface area (Å²) in [7, 11) is 3.24. The van der Waals surface area contributed by atoms with Crippen molar-refractivity contribution in [3.63, 3.8) is 0 Å². The molecule has 136 valence electrons. The molecule has 0 bridgehead atoms. The second-order valence-electron chi connectivity index (χ2n) is 6.95. The van der Waals surface area contributed by atoms with Crippen LogP contribution in [0.2, 0.25) is 0 Å². The Labute approximate surface area is 155 Å². The summed E-state index contributed by atoms with van der Waals surface area (Å²) in [6.45, 7) is 6.95. The van der Waals surface area contributed by atoms with Gasteiger partial charge in [0.05, 0.1) is 19.9 Å². The third-order valence-corrected chi connectivity index (χ3v) is 4.58. The summed E-state index contributed by atoms with van der Waals surface area (Å²) < 4.78 is 10.8. The van der Waals surface area contributed by atoms with Gasteiger partial charge in [0.2, 0.25) is 0 Å². The predicted octanol–water partition coefficient (Wildman–Crippen LogP) is 4.56. The van der Waals surface area contributed by atoms with Gasteiger partial charge in [-0.05, 0) is 48.2 Å². The Hall–Kier alpha value is -2.75. The summed E-state index contributed by atoms with van der Waals surface area (Å²) in [6.07, 6.45) is 1.96. The molecule has 2 aromatic rings. The van der Waals surface area contributed by atoms with E-state index in [1.165, 1.54) is 0 Å². The van der Waals surface area contributed by atoms with Crippen LogP contribution in [0.4, 0.5) is 5.69 Å². The average Bonchev–Trinajstić information content (AvgIpc) is 2.88. The predicted molar refractivity (Wildman–Crippen MR) is 106 cm³/mol. The molecule has 1 amide bonds. The molecule has 0 radical (unpaired) electrons. The molecule has 1 aliphatic heterocycles. The van der Waals surface area contributed by atoms with Crippen molar-refractivity contribution in [3.8, 4) is 11.5 Å². The second-order valence-corrected chi connectivity index (χ2v) is 6.95. The molecule has 0 aromatic heterocycles. The highest BCUT2D eigenvalue weighted by atomic mass is 16.5. The number of anilines is 1. The molecule has 2 aromatic carbocycles. The lowest BCUT2D eigenvalue weighted by molar-refractivity contribution is -0.113. The zero-order chi connectivity index (χ0) is 18.8. The van der Waals surface area contributed by atoms with Gasteiger partial charge in [-0.3, -0.25) is 4.79 Å². The number of methoxy groups -OCH3 is 2. The molecule has 1 heterocycles. The van der Waals surface area contributed by atoms with E-state index < -0.39 is 0 Å². The number of nitrogens with zero attached hydrogens (tertiary/aromatic N) is 1. The number of fused-ring (bicyclic) bond motifs is 1. The maximum atomic E-state index is 13.1. The highest BCUT2D eigenvalue weighted by Crippen LogP contribution is 2.39. The van der Waals surface area contributed by atoms with Gasteiger partial charge in [0, 0.05) is 17.7 Å². The van der Waals surface area contributed by atoms with Gasteiger partial charge in [0.25, 0.3) is 5.91 Å². The minimum atomic E-state index is 0.0501. The van der Waals surface area contributed by atoms with Gasteiger partial charge >= 0.3 is 0 Å². The maximum Gasteiger partial charge on any atom is 0.259 e. The van der Waals surface area contributed by atoms with E-state index in [9.17, 15) is 4.79 Å². The van der Waals surface area contributed by atoms with Crippen LogP contribution >= 0.6 is 0 Å². The van der Waals surface area contributed by atoms with Crippen LogP contribution in [-0.4, -0.2) is 26.7 Å².